The van der Waals surface area contributed by atoms with Gasteiger partial charge in [0.05, 0.1) is 0 Å². The number of benzene rings is 1. The summed E-state index contributed by atoms with van der Waals surface area (Å²) in [7, 11) is 0. The van der Waals surface area contributed by atoms with Crippen LogP contribution in [0.3, 0.4) is 0 Å². The maximum absolute atomic E-state index is 5.80. The Balaban J connectivity index is 2.85. The molecule has 0 saturated heterocycles. The summed E-state index contributed by atoms with van der Waals surface area (Å²) in [5, 5.41) is 0.621. The third kappa shape index (κ3) is 3.63. The zero-order chi connectivity index (χ0) is 9.68. The number of hydrogen-bond donors (Lipinski definition) is 2. The van der Waals surface area contributed by atoms with Gasteiger partial charge in [0.25, 0.3) is 0 Å². The van der Waals surface area contributed by atoms with Crippen LogP contribution in [0, 0.1) is 11.8 Å². The highest BCUT2D eigenvalue weighted by Gasteiger charge is 1.92. The van der Waals surface area contributed by atoms with Crippen molar-refractivity contribution in [2.75, 3.05) is 11.5 Å². The monoisotopic (exact) mass is 211 g/mol. The third-order valence-corrected chi connectivity index (χ3v) is 1.83. The number of anilines is 1. The molecule has 2 N–H and O–H groups in total. The molecule has 0 aliphatic heterocycles. The van der Waals surface area contributed by atoms with Gasteiger partial charge >= 0.3 is 0 Å². The highest BCUT2D eigenvalue weighted by Crippen LogP contribution is 2.15. The van der Waals surface area contributed by atoms with Crippen LogP contribution in [0.25, 0.3) is 0 Å². The number of hydrogen-bond acceptors (Lipinski definition) is 2. The van der Waals surface area contributed by atoms with Crippen LogP contribution >= 0.6 is 24.2 Å². The zero-order valence-corrected chi connectivity index (χ0v) is 8.70. The molecule has 1 aromatic rings. The van der Waals surface area contributed by atoms with Gasteiger partial charge in [-0.2, -0.15) is 12.6 Å². The van der Waals surface area contributed by atoms with Crippen molar-refractivity contribution in [1.82, 2.24) is 0 Å². The number of nitrogen functional groups attached to an aromatic ring is 1. The maximum atomic E-state index is 5.80. The van der Waals surface area contributed by atoms with Crippen molar-refractivity contribution in [2.45, 2.75) is 6.42 Å². The normalized spacial score (nSPS) is 9.08. The van der Waals surface area contributed by atoms with Gasteiger partial charge in [0.2, 0.25) is 0 Å². The molecule has 0 bridgehead atoms. The molecule has 13 heavy (non-hydrogen) atoms. The Morgan fingerprint density at radius 2 is 2.15 bits per heavy atom. The van der Waals surface area contributed by atoms with Gasteiger partial charge in [-0.3, -0.25) is 0 Å². The Hall–Kier alpha value is -0.780. The Labute approximate surface area is 88.7 Å². The fourth-order valence-corrected chi connectivity index (χ4v) is 1.26. The standard InChI is InChI=1S/C10H10ClNS/c11-9-5-8(3-1-2-4-13)6-10(12)7-9/h5-7,13H,2,4,12H2. The average molecular weight is 212 g/mol. The molecule has 3 heteroatoms. The van der Waals surface area contributed by atoms with Crippen molar-refractivity contribution in [2.24, 2.45) is 0 Å². The van der Waals surface area contributed by atoms with Crippen LogP contribution in [0.2, 0.25) is 5.02 Å². The van der Waals surface area contributed by atoms with E-state index in [1.807, 2.05) is 0 Å². The maximum Gasteiger partial charge on any atom is 0.0438 e. The molecule has 0 unspecified atom stereocenters. The second-order valence-corrected chi connectivity index (χ2v) is 3.43. The van der Waals surface area contributed by atoms with E-state index in [9.17, 15) is 0 Å². The molecule has 1 rings (SSSR count). The molecule has 0 amide bonds. The number of rotatable bonds is 1. The molecule has 1 aromatic carbocycles. The Morgan fingerprint density at radius 3 is 2.77 bits per heavy atom. The van der Waals surface area contributed by atoms with Crippen molar-refractivity contribution in [1.29, 1.82) is 0 Å². The number of halogens is 1. The molecule has 0 fully saturated rings. The van der Waals surface area contributed by atoms with E-state index in [1.54, 1.807) is 18.2 Å². The minimum Gasteiger partial charge on any atom is -0.399 e. The molecule has 0 saturated carbocycles. The van der Waals surface area contributed by atoms with Gasteiger partial charge in [0, 0.05) is 28.4 Å². The Morgan fingerprint density at radius 1 is 1.38 bits per heavy atom. The van der Waals surface area contributed by atoms with E-state index >= 15 is 0 Å². The lowest BCUT2D eigenvalue weighted by molar-refractivity contribution is 1.31. The molecule has 0 aliphatic carbocycles. The molecular formula is C10H10ClNS. The fourth-order valence-electron chi connectivity index (χ4n) is 0.905. The molecule has 0 aliphatic rings. The minimum atomic E-state index is 0.621. The van der Waals surface area contributed by atoms with Gasteiger partial charge in [0.1, 0.15) is 0 Å². The van der Waals surface area contributed by atoms with Gasteiger partial charge in [-0.05, 0) is 18.2 Å². The molecule has 1 nitrogen and oxygen atoms in total. The lowest BCUT2D eigenvalue weighted by Crippen LogP contribution is -1.85. The van der Waals surface area contributed by atoms with Crippen molar-refractivity contribution in [3.05, 3.63) is 28.8 Å². The number of thiol groups is 1. The molecule has 0 spiro atoms. The van der Waals surface area contributed by atoms with Gasteiger partial charge < -0.3 is 5.73 Å². The highest BCUT2D eigenvalue weighted by molar-refractivity contribution is 7.80. The lowest BCUT2D eigenvalue weighted by atomic mass is 10.2. The largest absolute Gasteiger partial charge is 0.399 e. The van der Waals surface area contributed by atoms with E-state index in [-0.39, 0.29) is 0 Å². The SMILES string of the molecule is Nc1cc(Cl)cc(C#CCCS)c1. The van der Waals surface area contributed by atoms with E-state index in [4.69, 9.17) is 17.3 Å². The first-order valence-corrected chi connectivity index (χ1v) is 4.89. The number of nitrogens with two attached hydrogens (primary N) is 1. The first-order valence-electron chi connectivity index (χ1n) is 3.88. The van der Waals surface area contributed by atoms with E-state index < -0.39 is 0 Å². The summed E-state index contributed by atoms with van der Waals surface area (Å²) in [6.07, 6.45) is 0.773. The van der Waals surface area contributed by atoms with Crippen LogP contribution < -0.4 is 5.73 Å². The fraction of sp³-hybridized carbons (Fsp3) is 0.200. The Bertz CT molecular complexity index is 331. The quantitative estimate of drug-likeness (QED) is 0.417. The summed E-state index contributed by atoms with van der Waals surface area (Å²) >= 11 is 9.85. The smallest absolute Gasteiger partial charge is 0.0438 e. The van der Waals surface area contributed by atoms with Crippen molar-refractivity contribution < 1.29 is 0 Å². The summed E-state index contributed by atoms with van der Waals surface area (Å²) in [4.78, 5) is 0. The van der Waals surface area contributed by atoms with Crippen LogP contribution in [0.4, 0.5) is 5.69 Å². The van der Waals surface area contributed by atoms with Crippen LogP contribution in [0.15, 0.2) is 18.2 Å². The predicted molar refractivity (Wildman–Crippen MR) is 61.2 cm³/mol. The van der Waals surface area contributed by atoms with Gasteiger partial charge in [-0.15, -0.1) is 0 Å². The molecule has 0 radical (unpaired) electrons. The molecule has 68 valence electrons. The summed E-state index contributed by atoms with van der Waals surface area (Å²) in [6, 6.07) is 5.30. The summed E-state index contributed by atoms with van der Waals surface area (Å²) in [6.45, 7) is 0. The molecule has 0 atom stereocenters. The third-order valence-electron chi connectivity index (χ3n) is 1.39. The van der Waals surface area contributed by atoms with Crippen LogP contribution in [-0.2, 0) is 0 Å². The Kier molecular flexibility index (Phi) is 4.01. The summed E-state index contributed by atoms with van der Waals surface area (Å²) in [5.74, 6) is 6.70. The van der Waals surface area contributed by atoms with Gasteiger partial charge in [-0.25, -0.2) is 0 Å². The lowest BCUT2D eigenvalue weighted by Gasteiger charge is -1.95. The predicted octanol–water partition coefficient (Wildman–Crippen LogP) is 2.59. The first kappa shape index (κ1) is 10.3. The van der Waals surface area contributed by atoms with Gasteiger partial charge in [0.15, 0.2) is 0 Å². The van der Waals surface area contributed by atoms with Crippen molar-refractivity contribution >= 4 is 29.9 Å². The molecule has 0 aromatic heterocycles. The zero-order valence-electron chi connectivity index (χ0n) is 7.05. The van der Waals surface area contributed by atoms with Crippen LogP contribution in [0.5, 0.6) is 0 Å². The summed E-state index contributed by atoms with van der Waals surface area (Å²) in [5.41, 5.74) is 7.09. The molecular weight excluding hydrogens is 202 g/mol. The van der Waals surface area contributed by atoms with Crippen molar-refractivity contribution in [3.8, 4) is 11.8 Å². The van der Waals surface area contributed by atoms with E-state index in [0.717, 1.165) is 17.7 Å². The van der Waals surface area contributed by atoms with E-state index in [0.29, 0.717) is 10.7 Å². The average Bonchev–Trinajstić information content (AvgIpc) is 2.03. The first-order chi connectivity index (χ1) is 6.22. The van der Waals surface area contributed by atoms with E-state index in [1.165, 1.54) is 0 Å². The van der Waals surface area contributed by atoms with Gasteiger partial charge in [-0.1, -0.05) is 23.4 Å². The second kappa shape index (κ2) is 5.06. The second-order valence-electron chi connectivity index (χ2n) is 2.55. The highest BCUT2D eigenvalue weighted by atomic mass is 35.5. The van der Waals surface area contributed by atoms with Crippen molar-refractivity contribution in [3.63, 3.8) is 0 Å². The van der Waals surface area contributed by atoms with E-state index in [2.05, 4.69) is 24.5 Å². The van der Waals surface area contributed by atoms with Crippen LogP contribution in [-0.4, -0.2) is 5.75 Å². The minimum absolute atomic E-state index is 0.621. The summed E-state index contributed by atoms with van der Waals surface area (Å²) < 4.78 is 0. The topological polar surface area (TPSA) is 26.0 Å². The molecule has 0 heterocycles. The van der Waals surface area contributed by atoms with Crippen LogP contribution in [0.1, 0.15) is 12.0 Å².